The molecule has 0 unspecified atom stereocenters. The Balaban J connectivity index is 2.13. The van der Waals surface area contributed by atoms with Gasteiger partial charge in [-0.2, -0.15) is 0 Å². The number of ether oxygens (including phenoxy) is 1. The van der Waals surface area contributed by atoms with Crippen LogP contribution in [0.5, 0.6) is 0 Å². The minimum Gasteiger partial charge on any atom is -0.467 e. The maximum absolute atomic E-state index is 5.68. The Kier molecular flexibility index (Phi) is 1.69. The van der Waals surface area contributed by atoms with Crippen molar-refractivity contribution in [2.24, 2.45) is 4.99 Å². The summed E-state index contributed by atoms with van der Waals surface area (Å²) < 4.78 is 5.68. The van der Waals surface area contributed by atoms with Gasteiger partial charge < -0.3 is 4.74 Å². The Labute approximate surface area is 98.9 Å². The van der Waals surface area contributed by atoms with E-state index in [9.17, 15) is 0 Å². The largest absolute Gasteiger partial charge is 0.467 e. The summed E-state index contributed by atoms with van der Waals surface area (Å²) in [5.74, 6) is 1.00. The van der Waals surface area contributed by atoms with Gasteiger partial charge in [-0.3, -0.25) is 0 Å². The summed E-state index contributed by atoms with van der Waals surface area (Å²) in [6, 6.07) is 8.25. The van der Waals surface area contributed by atoms with E-state index in [2.05, 4.69) is 35.3 Å². The highest BCUT2D eigenvalue weighted by Crippen LogP contribution is 2.32. The SMILES string of the molecule is C1=C2/C=C\C3=c4ccccc4=N/C3=C(\CC2)O1. The fraction of sp³-hybridized carbons (Fsp3) is 0.133. The molecule has 0 atom stereocenters. The molecule has 2 nitrogen and oxygen atoms in total. The van der Waals surface area contributed by atoms with E-state index in [1.807, 2.05) is 12.3 Å². The maximum Gasteiger partial charge on any atom is 0.130 e. The van der Waals surface area contributed by atoms with Gasteiger partial charge >= 0.3 is 0 Å². The third-order valence-electron chi connectivity index (χ3n) is 3.40. The summed E-state index contributed by atoms with van der Waals surface area (Å²) in [5.41, 5.74) is 3.46. The molecule has 0 radical (unpaired) electrons. The molecule has 1 aromatic rings. The lowest BCUT2D eigenvalue weighted by Crippen LogP contribution is -2.21. The second-order valence-electron chi connectivity index (χ2n) is 4.46. The van der Waals surface area contributed by atoms with Gasteiger partial charge in [-0.05, 0) is 18.1 Å². The molecule has 3 aliphatic heterocycles. The molecular weight excluding hydrogens is 210 g/mol. The summed E-state index contributed by atoms with van der Waals surface area (Å²) in [6.07, 6.45) is 8.15. The lowest BCUT2D eigenvalue weighted by Gasteiger charge is -2.18. The number of para-hydroxylation sites is 1. The van der Waals surface area contributed by atoms with Crippen LogP contribution in [0, 0.1) is 0 Å². The Morgan fingerprint density at radius 3 is 2.88 bits per heavy atom. The van der Waals surface area contributed by atoms with E-state index in [-0.39, 0.29) is 0 Å². The number of benzene rings is 1. The molecule has 0 spiro atoms. The summed E-state index contributed by atoms with van der Waals surface area (Å²) in [4.78, 5) is 4.69. The summed E-state index contributed by atoms with van der Waals surface area (Å²) in [7, 11) is 0. The molecule has 0 amide bonds. The van der Waals surface area contributed by atoms with Crippen LogP contribution < -0.4 is 10.6 Å². The minimum absolute atomic E-state index is 0.951. The van der Waals surface area contributed by atoms with Crippen molar-refractivity contribution in [2.45, 2.75) is 12.8 Å². The van der Waals surface area contributed by atoms with Crippen molar-refractivity contribution in [2.75, 3.05) is 0 Å². The van der Waals surface area contributed by atoms with Gasteiger partial charge in [0, 0.05) is 17.2 Å². The highest BCUT2D eigenvalue weighted by molar-refractivity contribution is 5.76. The van der Waals surface area contributed by atoms with Gasteiger partial charge in [-0.25, -0.2) is 4.99 Å². The molecule has 1 aliphatic carbocycles. The zero-order valence-corrected chi connectivity index (χ0v) is 9.31. The topological polar surface area (TPSA) is 21.6 Å². The molecule has 1 aromatic carbocycles. The Morgan fingerprint density at radius 1 is 1.06 bits per heavy atom. The van der Waals surface area contributed by atoms with E-state index in [0.717, 1.165) is 29.7 Å². The molecule has 3 heterocycles. The van der Waals surface area contributed by atoms with Gasteiger partial charge in [-0.1, -0.05) is 30.4 Å². The smallest absolute Gasteiger partial charge is 0.130 e. The van der Waals surface area contributed by atoms with E-state index in [4.69, 9.17) is 4.74 Å². The quantitative estimate of drug-likeness (QED) is 0.656. The zero-order valence-electron chi connectivity index (χ0n) is 9.31. The number of allylic oxidation sites excluding steroid dienone is 4. The number of rotatable bonds is 0. The van der Waals surface area contributed by atoms with Gasteiger partial charge in [0.25, 0.3) is 0 Å². The third kappa shape index (κ3) is 1.24. The fourth-order valence-electron chi connectivity index (χ4n) is 2.50. The van der Waals surface area contributed by atoms with Gasteiger partial charge in [0.1, 0.15) is 11.5 Å². The molecule has 0 aromatic heterocycles. The van der Waals surface area contributed by atoms with E-state index in [1.54, 1.807) is 0 Å². The average molecular weight is 221 g/mol. The maximum atomic E-state index is 5.68. The van der Waals surface area contributed by atoms with Gasteiger partial charge in [-0.15, -0.1) is 0 Å². The Morgan fingerprint density at radius 2 is 2.00 bits per heavy atom. The third-order valence-corrected chi connectivity index (χ3v) is 3.40. The molecule has 0 saturated carbocycles. The van der Waals surface area contributed by atoms with Crippen molar-refractivity contribution < 1.29 is 4.74 Å². The first-order valence-corrected chi connectivity index (χ1v) is 5.87. The average Bonchev–Trinajstić information content (AvgIpc) is 2.71. The molecule has 17 heavy (non-hydrogen) atoms. The van der Waals surface area contributed by atoms with Crippen LogP contribution >= 0.6 is 0 Å². The highest BCUT2D eigenvalue weighted by atomic mass is 16.5. The van der Waals surface area contributed by atoms with E-state index in [1.165, 1.54) is 16.4 Å². The van der Waals surface area contributed by atoms with Gasteiger partial charge in [0.2, 0.25) is 0 Å². The monoisotopic (exact) mass is 221 g/mol. The predicted molar refractivity (Wildman–Crippen MR) is 65.2 cm³/mol. The van der Waals surface area contributed by atoms with E-state index in [0.29, 0.717) is 0 Å². The Bertz CT molecular complexity index is 720. The van der Waals surface area contributed by atoms with Crippen LogP contribution in [0.1, 0.15) is 12.8 Å². The molecule has 4 aliphatic rings. The molecule has 0 saturated heterocycles. The van der Waals surface area contributed by atoms with Crippen LogP contribution in [0.4, 0.5) is 0 Å². The predicted octanol–water partition coefficient (Wildman–Crippen LogP) is 1.95. The van der Waals surface area contributed by atoms with Crippen LogP contribution in [-0.2, 0) is 4.74 Å². The summed E-state index contributed by atoms with van der Waals surface area (Å²) in [5, 5.41) is 2.26. The summed E-state index contributed by atoms with van der Waals surface area (Å²) in [6.45, 7) is 0. The van der Waals surface area contributed by atoms with Crippen molar-refractivity contribution in [1.82, 2.24) is 0 Å². The standard InChI is InChI=1S/C15H11NO/c1-2-4-13-11(3-1)12-7-5-10-6-8-14(17-9-10)15(12)16-13/h1-5,7,9H,6,8H2/b7-5-,15-14+. The normalized spacial score (nSPS) is 26.1. The van der Waals surface area contributed by atoms with Crippen molar-refractivity contribution in [3.05, 3.63) is 70.3 Å². The van der Waals surface area contributed by atoms with Crippen molar-refractivity contribution >= 4 is 5.57 Å². The van der Waals surface area contributed by atoms with Crippen LogP contribution in [0.2, 0.25) is 0 Å². The van der Waals surface area contributed by atoms with E-state index < -0.39 is 0 Å². The van der Waals surface area contributed by atoms with E-state index >= 15 is 0 Å². The number of fused-ring (bicyclic) bond motifs is 3. The highest BCUT2D eigenvalue weighted by Gasteiger charge is 2.21. The van der Waals surface area contributed by atoms with Crippen molar-refractivity contribution in [3.8, 4) is 0 Å². The lowest BCUT2D eigenvalue weighted by atomic mass is 9.99. The first-order chi connectivity index (χ1) is 8.42. The summed E-state index contributed by atoms with van der Waals surface area (Å²) >= 11 is 0. The fourth-order valence-corrected chi connectivity index (χ4v) is 2.50. The van der Waals surface area contributed by atoms with Crippen molar-refractivity contribution in [3.63, 3.8) is 0 Å². The van der Waals surface area contributed by atoms with Crippen LogP contribution in [-0.4, -0.2) is 0 Å². The zero-order chi connectivity index (χ0) is 11.2. The number of hydrogen-bond acceptors (Lipinski definition) is 2. The second kappa shape index (κ2) is 3.20. The van der Waals surface area contributed by atoms with Crippen LogP contribution in [0.25, 0.3) is 5.57 Å². The Hall–Kier alpha value is -2.09. The number of nitrogens with zero attached hydrogens (tertiary/aromatic N) is 1. The molecule has 2 heteroatoms. The lowest BCUT2D eigenvalue weighted by molar-refractivity contribution is 0.309. The van der Waals surface area contributed by atoms with Crippen LogP contribution in [0.3, 0.4) is 0 Å². The van der Waals surface area contributed by atoms with Crippen LogP contribution in [0.15, 0.2) is 64.7 Å². The molecule has 5 rings (SSSR count). The number of hydrogen-bond donors (Lipinski definition) is 0. The first kappa shape index (κ1) is 8.99. The molecule has 0 N–H and O–H groups in total. The second-order valence-corrected chi connectivity index (χ2v) is 4.46. The molecule has 2 bridgehead atoms. The van der Waals surface area contributed by atoms with Gasteiger partial charge in [0.15, 0.2) is 0 Å². The van der Waals surface area contributed by atoms with Crippen molar-refractivity contribution in [1.29, 1.82) is 0 Å². The molecule has 82 valence electrons. The molecule has 0 fully saturated rings. The minimum atomic E-state index is 0.951. The first-order valence-electron chi connectivity index (χ1n) is 5.87. The van der Waals surface area contributed by atoms with Gasteiger partial charge in [0.05, 0.1) is 11.6 Å². The molecular formula is C15H11NO.